The van der Waals surface area contributed by atoms with Crippen LogP contribution >= 0.6 is 27.3 Å². The Morgan fingerprint density at radius 3 is 2.87 bits per heavy atom. The number of carboxylic acid groups (broad SMARTS) is 1. The summed E-state index contributed by atoms with van der Waals surface area (Å²) in [7, 11) is 0. The van der Waals surface area contributed by atoms with Gasteiger partial charge < -0.3 is 5.11 Å². The fraction of sp³-hybridized carbons (Fsp3) is 0. The van der Waals surface area contributed by atoms with Gasteiger partial charge in [-0.2, -0.15) is 5.26 Å². The summed E-state index contributed by atoms with van der Waals surface area (Å²) in [6.45, 7) is 0. The van der Waals surface area contributed by atoms with Crippen molar-refractivity contribution < 1.29 is 9.90 Å². The van der Waals surface area contributed by atoms with Gasteiger partial charge in [-0.15, -0.1) is 11.3 Å². The van der Waals surface area contributed by atoms with Crippen molar-refractivity contribution in [2.75, 3.05) is 0 Å². The normalized spacial score (nSPS) is 10.1. The first kappa shape index (κ1) is 10.1. The van der Waals surface area contributed by atoms with E-state index in [9.17, 15) is 4.79 Å². The van der Waals surface area contributed by atoms with Crippen molar-refractivity contribution in [1.82, 2.24) is 0 Å². The van der Waals surface area contributed by atoms with Crippen LogP contribution in [0.4, 0.5) is 0 Å². The van der Waals surface area contributed by atoms with Crippen molar-refractivity contribution in [3.05, 3.63) is 33.1 Å². The average molecular weight is 282 g/mol. The molecule has 0 bridgehead atoms. The van der Waals surface area contributed by atoms with Crippen LogP contribution in [0.3, 0.4) is 0 Å². The molecule has 5 heteroatoms. The van der Waals surface area contributed by atoms with Crippen molar-refractivity contribution in [1.29, 1.82) is 5.26 Å². The molecule has 0 aliphatic rings. The van der Waals surface area contributed by atoms with Crippen LogP contribution in [0.1, 0.15) is 15.2 Å². The van der Waals surface area contributed by atoms with Gasteiger partial charge in [-0.3, -0.25) is 0 Å². The second-order valence-corrected chi connectivity index (χ2v) is 4.77. The number of thiophene rings is 1. The van der Waals surface area contributed by atoms with Crippen molar-refractivity contribution >= 4 is 43.3 Å². The number of carboxylic acids is 1. The molecule has 1 aromatic heterocycles. The lowest BCUT2D eigenvalue weighted by molar-refractivity contribution is 0.0702. The van der Waals surface area contributed by atoms with Gasteiger partial charge in [0.1, 0.15) is 10.9 Å². The minimum absolute atomic E-state index is 0.250. The second-order valence-electron chi connectivity index (χ2n) is 2.87. The average Bonchev–Trinajstić information content (AvgIpc) is 2.61. The lowest BCUT2D eigenvalue weighted by Gasteiger charge is -1.95. The highest BCUT2D eigenvalue weighted by atomic mass is 79.9. The van der Waals surface area contributed by atoms with Gasteiger partial charge in [0, 0.05) is 4.47 Å². The maximum absolute atomic E-state index is 10.8. The van der Waals surface area contributed by atoms with E-state index in [0.717, 1.165) is 16.7 Å². The predicted molar refractivity (Wildman–Crippen MR) is 61.2 cm³/mol. The molecule has 2 aromatic rings. The van der Waals surface area contributed by atoms with Gasteiger partial charge in [0.2, 0.25) is 0 Å². The Morgan fingerprint density at radius 1 is 1.53 bits per heavy atom. The van der Waals surface area contributed by atoms with E-state index >= 15 is 0 Å². The molecule has 0 aliphatic heterocycles. The highest BCUT2D eigenvalue weighted by molar-refractivity contribution is 9.10. The van der Waals surface area contributed by atoms with Gasteiger partial charge >= 0.3 is 5.97 Å². The molecule has 1 N–H and O–H groups in total. The number of benzene rings is 1. The first-order valence-electron chi connectivity index (χ1n) is 3.99. The van der Waals surface area contributed by atoms with Gasteiger partial charge in [0.05, 0.1) is 10.3 Å². The van der Waals surface area contributed by atoms with Crippen LogP contribution in [0.2, 0.25) is 0 Å². The van der Waals surface area contributed by atoms with Crippen LogP contribution in [0.15, 0.2) is 22.7 Å². The third-order valence-electron chi connectivity index (χ3n) is 1.96. The summed E-state index contributed by atoms with van der Waals surface area (Å²) in [6, 6.07) is 7.18. The summed E-state index contributed by atoms with van der Waals surface area (Å²) in [4.78, 5) is 11.0. The zero-order valence-electron chi connectivity index (χ0n) is 7.32. The van der Waals surface area contributed by atoms with Crippen LogP contribution < -0.4 is 0 Å². The molecule has 1 aromatic carbocycles. The summed E-state index contributed by atoms with van der Waals surface area (Å²) < 4.78 is 1.40. The SMILES string of the molecule is N#Cc1c(Br)ccc2cc(C(=O)O)sc12. The number of aromatic carboxylic acids is 1. The summed E-state index contributed by atoms with van der Waals surface area (Å²) in [5.74, 6) is -0.962. The molecule has 0 fully saturated rings. The van der Waals surface area contributed by atoms with Crippen molar-refractivity contribution in [2.24, 2.45) is 0 Å². The number of nitrogens with zero attached hydrogens (tertiary/aromatic N) is 1. The van der Waals surface area contributed by atoms with Gasteiger partial charge in [-0.05, 0) is 33.4 Å². The van der Waals surface area contributed by atoms with E-state index in [0.29, 0.717) is 14.7 Å². The molecular formula is C10H4BrNO2S. The first-order valence-corrected chi connectivity index (χ1v) is 5.60. The minimum atomic E-state index is -0.962. The maximum atomic E-state index is 10.8. The van der Waals surface area contributed by atoms with Crippen molar-refractivity contribution in [3.8, 4) is 6.07 Å². The molecule has 0 atom stereocenters. The Hall–Kier alpha value is -1.38. The number of hydrogen-bond donors (Lipinski definition) is 1. The summed E-state index contributed by atoms with van der Waals surface area (Å²) in [6.07, 6.45) is 0. The molecule has 0 aliphatic carbocycles. The Morgan fingerprint density at radius 2 is 2.27 bits per heavy atom. The molecule has 0 spiro atoms. The third kappa shape index (κ3) is 1.62. The minimum Gasteiger partial charge on any atom is -0.477 e. The molecule has 1 heterocycles. The third-order valence-corrected chi connectivity index (χ3v) is 3.78. The lowest BCUT2D eigenvalue weighted by atomic mass is 10.2. The number of rotatable bonds is 1. The molecule has 0 radical (unpaired) electrons. The van der Waals surface area contributed by atoms with E-state index in [1.54, 1.807) is 18.2 Å². The van der Waals surface area contributed by atoms with E-state index in [1.807, 2.05) is 0 Å². The van der Waals surface area contributed by atoms with E-state index in [-0.39, 0.29) is 4.88 Å². The van der Waals surface area contributed by atoms with E-state index < -0.39 is 5.97 Å². The predicted octanol–water partition coefficient (Wildman–Crippen LogP) is 3.23. The zero-order chi connectivity index (χ0) is 11.0. The van der Waals surface area contributed by atoms with Crippen LogP contribution in [0, 0.1) is 11.3 Å². The highest BCUT2D eigenvalue weighted by Crippen LogP contribution is 2.32. The van der Waals surface area contributed by atoms with E-state index in [2.05, 4.69) is 22.0 Å². The monoisotopic (exact) mass is 281 g/mol. The van der Waals surface area contributed by atoms with Crippen LogP contribution in [-0.2, 0) is 0 Å². The second kappa shape index (κ2) is 3.65. The molecule has 2 rings (SSSR count). The van der Waals surface area contributed by atoms with Crippen molar-refractivity contribution in [3.63, 3.8) is 0 Å². The number of carbonyl (C=O) groups is 1. The Kier molecular flexibility index (Phi) is 2.47. The molecule has 0 saturated heterocycles. The topological polar surface area (TPSA) is 61.1 Å². The lowest BCUT2D eigenvalue weighted by Crippen LogP contribution is -1.89. The smallest absolute Gasteiger partial charge is 0.345 e. The van der Waals surface area contributed by atoms with Crippen molar-refractivity contribution in [2.45, 2.75) is 0 Å². The standard InChI is InChI=1S/C10H4BrNO2S/c11-7-2-1-5-3-8(10(13)14)15-9(5)6(7)4-12/h1-3H,(H,13,14). The molecule has 0 amide bonds. The van der Waals surface area contributed by atoms with Crippen LogP contribution in [-0.4, -0.2) is 11.1 Å². The molecule has 15 heavy (non-hydrogen) atoms. The van der Waals surface area contributed by atoms with Crippen LogP contribution in [0.25, 0.3) is 10.1 Å². The largest absolute Gasteiger partial charge is 0.477 e. The van der Waals surface area contributed by atoms with Gasteiger partial charge in [-0.1, -0.05) is 6.07 Å². The quantitative estimate of drug-likeness (QED) is 0.873. The molecule has 74 valence electrons. The fourth-order valence-corrected chi connectivity index (χ4v) is 2.83. The number of halogens is 1. The van der Waals surface area contributed by atoms with Gasteiger partial charge in [0.25, 0.3) is 0 Å². The zero-order valence-corrected chi connectivity index (χ0v) is 9.72. The molecular weight excluding hydrogens is 278 g/mol. The van der Waals surface area contributed by atoms with Gasteiger partial charge in [0.15, 0.2) is 0 Å². The maximum Gasteiger partial charge on any atom is 0.345 e. The summed E-state index contributed by atoms with van der Waals surface area (Å²) >= 11 is 4.38. The first-order chi connectivity index (χ1) is 7.13. The Bertz CT molecular complexity index is 597. The van der Waals surface area contributed by atoms with Crippen LogP contribution in [0.5, 0.6) is 0 Å². The molecule has 0 unspecified atom stereocenters. The highest BCUT2D eigenvalue weighted by Gasteiger charge is 2.12. The van der Waals surface area contributed by atoms with E-state index in [4.69, 9.17) is 10.4 Å². The van der Waals surface area contributed by atoms with Gasteiger partial charge in [-0.25, -0.2) is 4.79 Å². The molecule has 0 saturated carbocycles. The molecule has 3 nitrogen and oxygen atoms in total. The van der Waals surface area contributed by atoms with E-state index in [1.165, 1.54) is 0 Å². The number of fused-ring (bicyclic) bond motifs is 1. The Labute approximate surface area is 97.7 Å². The summed E-state index contributed by atoms with van der Waals surface area (Å²) in [5.41, 5.74) is 0.491. The fourth-order valence-electron chi connectivity index (χ4n) is 1.29. The number of hydrogen-bond acceptors (Lipinski definition) is 3. The number of nitriles is 1. The Balaban J connectivity index is 2.82. The summed E-state index contributed by atoms with van der Waals surface area (Å²) in [5, 5.41) is 18.6.